The Morgan fingerprint density at radius 3 is 2.67 bits per heavy atom. The molecule has 3 unspecified atom stereocenters. The van der Waals surface area contributed by atoms with Crippen molar-refractivity contribution in [3.8, 4) is 17.2 Å². The number of ketones is 1. The molecule has 3 aromatic carbocycles. The first-order valence-electron chi connectivity index (χ1n) is 11.7. The third-order valence-electron chi connectivity index (χ3n) is 7.04. The molecule has 2 heterocycles. The van der Waals surface area contributed by atoms with Crippen LogP contribution in [-0.2, 0) is 4.79 Å². The fourth-order valence-corrected chi connectivity index (χ4v) is 5.34. The van der Waals surface area contributed by atoms with Crippen LogP contribution >= 0.6 is 0 Å². The van der Waals surface area contributed by atoms with E-state index in [0.717, 1.165) is 11.3 Å². The number of fused-ring (bicyclic) bond motifs is 3. The van der Waals surface area contributed by atoms with Gasteiger partial charge in [-0.1, -0.05) is 24.3 Å². The first kappa shape index (κ1) is 22.1. The van der Waals surface area contributed by atoms with Crippen LogP contribution in [0.2, 0.25) is 0 Å². The Hall–Kier alpha value is -4.40. The quantitative estimate of drug-likeness (QED) is 0.392. The molecule has 36 heavy (non-hydrogen) atoms. The number of rotatable bonds is 4. The summed E-state index contributed by atoms with van der Waals surface area (Å²) >= 11 is 0. The van der Waals surface area contributed by atoms with Crippen LogP contribution in [0.5, 0.6) is 17.2 Å². The molecule has 3 aromatic rings. The van der Waals surface area contributed by atoms with Crippen LogP contribution in [0.3, 0.4) is 0 Å². The summed E-state index contributed by atoms with van der Waals surface area (Å²) in [5.74, 6) is 0.710. The molecular formula is C27H23N3O6. The van der Waals surface area contributed by atoms with Gasteiger partial charge in [-0.3, -0.25) is 19.9 Å². The van der Waals surface area contributed by atoms with E-state index < -0.39 is 16.9 Å². The largest absolute Gasteiger partial charge is 0.497 e. The summed E-state index contributed by atoms with van der Waals surface area (Å²) in [5, 5.41) is 15.5. The van der Waals surface area contributed by atoms with Crippen molar-refractivity contribution in [3.05, 3.63) is 81.9 Å². The number of ether oxygens (including phenoxy) is 3. The molecule has 182 valence electrons. The fraction of sp³-hybridized carbons (Fsp3) is 0.259. The predicted octanol–water partition coefficient (Wildman–Crippen LogP) is 5.33. The van der Waals surface area contributed by atoms with Crippen molar-refractivity contribution in [3.63, 3.8) is 0 Å². The molecule has 9 heteroatoms. The second kappa shape index (κ2) is 8.67. The Morgan fingerprint density at radius 1 is 1.06 bits per heavy atom. The van der Waals surface area contributed by atoms with Crippen LogP contribution in [0.25, 0.3) is 0 Å². The van der Waals surface area contributed by atoms with Gasteiger partial charge in [0, 0.05) is 12.1 Å². The van der Waals surface area contributed by atoms with Crippen molar-refractivity contribution in [1.82, 2.24) is 0 Å². The van der Waals surface area contributed by atoms with Crippen molar-refractivity contribution in [1.29, 1.82) is 0 Å². The molecule has 0 spiro atoms. The van der Waals surface area contributed by atoms with E-state index in [-0.39, 0.29) is 24.2 Å². The zero-order valence-electron chi connectivity index (χ0n) is 19.5. The minimum absolute atomic E-state index is 0.00580. The maximum atomic E-state index is 13.8. The smallest absolute Gasteiger partial charge is 0.278 e. The molecule has 1 fully saturated rings. The molecule has 1 saturated carbocycles. The van der Waals surface area contributed by atoms with Gasteiger partial charge in [-0.15, -0.1) is 0 Å². The minimum atomic E-state index is -0.693. The summed E-state index contributed by atoms with van der Waals surface area (Å²) in [7, 11) is 1.61. The van der Waals surface area contributed by atoms with E-state index in [0.29, 0.717) is 47.0 Å². The standard InChI is InChI=1S/C27H23N3O6/c1-34-17-6-4-5-15(9-17)16-10-21-26(23(31)11-16)27(29-20-8-3-2-7-19(20)28-21)18-12-24-25(36-14-35-24)13-22(18)30(32)33/h2-9,12-13,16,26-27,29H,10-11,14H2,1H3. The lowest BCUT2D eigenvalue weighted by Gasteiger charge is -2.33. The van der Waals surface area contributed by atoms with Crippen LogP contribution in [0.1, 0.15) is 35.9 Å². The van der Waals surface area contributed by atoms with E-state index in [1.807, 2.05) is 48.5 Å². The third-order valence-corrected chi connectivity index (χ3v) is 7.04. The predicted molar refractivity (Wildman–Crippen MR) is 133 cm³/mol. The molecule has 0 saturated heterocycles. The molecule has 9 nitrogen and oxygen atoms in total. The SMILES string of the molecule is COc1cccc(C2CC(=O)C3C(=Nc4ccccc4NC3c3cc4c(cc3[N+](=O)[O-])OCO4)C2)c1. The molecule has 1 aliphatic carbocycles. The Bertz CT molecular complexity index is 1420. The van der Waals surface area contributed by atoms with Gasteiger partial charge in [-0.2, -0.15) is 0 Å². The van der Waals surface area contributed by atoms with Gasteiger partial charge in [-0.25, -0.2) is 0 Å². The minimum Gasteiger partial charge on any atom is -0.497 e. The molecule has 1 N–H and O–H groups in total. The van der Waals surface area contributed by atoms with Crippen LogP contribution in [0, 0.1) is 16.0 Å². The zero-order valence-corrected chi connectivity index (χ0v) is 19.5. The molecule has 0 radical (unpaired) electrons. The number of nitrogens with one attached hydrogen (secondary N) is 1. The summed E-state index contributed by atoms with van der Waals surface area (Å²) < 4.78 is 16.3. The number of nitrogens with zero attached hydrogens (tertiary/aromatic N) is 2. The van der Waals surface area contributed by atoms with E-state index in [9.17, 15) is 14.9 Å². The van der Waals surface area contributed by atoms with E-state index in [2.05, 4.69) is 5.32 Å². The van der Waals surface area contributed by atoms with E-state index in [4.69, 9.17) is 19.2 Å². The Morgan fingerprint density at radius 2 is 1.86 bits per heavy atom. The highest BCUT2D eigenvalue weighted by Crippen LogP contribution is 2.48. The summed E-state index contributed by atoms with van der Waals surface area (Å²) in [6, 6.07) is 17.5. The molecule has 0 amide bonds. The Labute approximate surface area is 206 Å². The summed E-state index contributed by atoms with van der Waals surface area (Å²) in [6.07, 6.45) is 0.845. The fourth-order valence-electron chi connectivity index (χ4n) is 5.34. The number of para-hydroxylation sites is 2. The lowest BCUT2D eigenvalue weighted by Crippen LogP contribution is -2.39. The van der Waals surface area contributed by atoms with E-state index in [1.54, 1.807) is 13.2 Å². The summed E-state index contributed by atoms with van der Waals surface area (Å²) in [6.45, 7) is -0.00580. The molecule has 6 rings (SSSR count). The van der Waals surface area contributed by atoms with E-state index >= 15 is 0 Å². The van der Waals surface area contributed by atoms with E-state index in [1.165, 1.54) is 6.07 Å². The van der Waals surface area contributed by atoms with Crippen LogP contribution < -0.4 is 19.5 Å². The topological polar surface area (TPSA) is 112 Å². The number of benzene rings is 3. The van der Waals surface area contributed by atoms with Gasteiger partial charge in [0.25, 0.3) is 5.69 Å². The number of hydrogen-bond donors (Lipinski definition) is 1. The second-order valence-corrected chi connectivity index (χ2v) is 9.09. The molecule has 2 aliphatic heterocycles. The number of nitro benzene ring substituents is 1. The average molecular weight is 485 g/mol. The number of Topliss-reactive ketones (excluding diaryl/α,β-unsaturated/α-hetero) is 1. The maximum Gasteiger partial charge on any atom is 0.278 e. The number of nitro groups is 1. The highest BCUT2D eigenvalue weighted by atomic mass is 16.7. The van der Waals surface area contributed by atoms with Crippen molar-refractivity contribution < 1.29 is 23.9 Å². The van der Waals surface area contributed by atoms with Crippen molar-refractivity contribution in [2.24, 2.45) is 10.9 Å². The number of carbonyl (C=O) groups is 1. The highest BCUT2D eigenvalue weighted by Gasteiger charge is 2.44. The molecule has 0 bridgehead atoms. The highest BCUT2D eigenvalue weighted by molar-refractivity contribution is 6.11. The summed E-state index contributed by atoms with van der Waals surface area (Å²) in [4.78, 5) is 30.4. The van der Waals surface area contributed by atoms with Crippen LogP contribution in [0.15, 0.2) is 65.7 Å². The summed E-state index contributed by atoms with van der Waals surface area (Å²) in [5.41, 5.74) is 3.35. The second-order valence-electron chi connectivity index (χ2n) is 9.09. The molecule has 0 aromatic heterocycles. The van der Waals surface area contributed by atoms with Crippen molar-refractivity contribution in [2.45, 2.75) is 24.8 Å². The third kappa shape index (κ3) is 3.73. The monoisotopic (exact) mass is 485 g/mol. The first-order chi connectivity index (χ1) is 17.5. The van der Waals surface area contributed by atoms with Gasteiger partial charge in [0.2, 0.25) is 6.79 Å². The lowest BCUT2D eigenvalue weighted by atomic mass is 9.72. The van der Waals surface area contributed by atoms with Gasteiger partial charge in [0.15, 0.2) is 11.5 Å². The van der Waals surface area contributed by atoms with Crippen LogP contribution in [-0.4, -0.2) is 30.3 Å². The molecular weight excluding hydrogens is 462 g/mol. The Kier molecular flexibility index (Phi) is 5.32. The van der Waals surface area contributed by atoms with Crippen molar-refractivity contribution in [2.75, 3.05) is 19.2 Å². The van der Waals surface area contributed by atoms with Crippen molar-refractivity contribution >= 4 is 28.6 Å². The maximum absolute atomic E-state index is 13.8. The average Bonchev–Trinajstić information content (AvgIpc) is 3.28. The Balaban J connectivity index is 1.47. The van der Waals surface area contributed by atoms with Gasteiger partial charge in [-0.05, 0) is 48.2 Å². The van der Waals surface area contributed by atoms with Gasteiger partial charge >= 0.3 is 0 Å². The van der Waals surface area contributed by atoms with Gasteiger partial charge < -0.3 is 19.5 Å². The number of methoxy groups -OCH3 is 1. The van der Waals surface area contributed by atoms with Gasteiger partial charge in [0.1, 0.15) is 11.5 Å². The lowest BCUT2D eigenvalue weighted by molar-refractivity contribution is -0.385. The molecule has 3 aliphatic rings. The zero-order chi connectivity index (χ0) is 24.8. The molecule has 3 atom stereocenters. The van der Waals surface area contributed by atoms with Gasteiger partial charge in [0.05, 0.1) is 47.0 Å². The first-order valence-corrected chi connectivity index (χ1v) is 11.7. The number of anilines is 1. The number of hydrogen-bond acceptors (Lipinski definition) is 8. The number of aliphatic imine (C=N–C) groups is 1. The van der Waals surface area contributed by atoms with Crippen LogP contribution in [0.4, 0.5) is 17.1 Å². The normalized spacial score (nSPS) is 22.0. The number of carbonyl (C=O) groups excluding carboxylic acids is 1.